The van der Waals surface area contributed by atoms with Crippen molar-refractivity contribution in [2.45, 2.75) is 26.2 Å². The Hall–Kier alpha value is -0.760. The van der Waals surface area contributed by atoms with E-state index in [0.29, 0.717) is 5.92 Å². The molecular formula is C14H18OS. The minimum absolute atomic E-state index is 0.162. The Kier molecular flexibility index (Phi) is 3.70. The van der Waals surface area contributed by atoms with Crippen LogP contribution in [0, 0.1) is 5.92 Å². The molecule has 0 N–H and O–H groups in total. The maximum atomic E-state index is 11.3. The molecule has 1 nitrogen and oxygen atoms in total. The zero-order valence-electron chi connectivity index (χ0n) is 9.90. The lowest BCUT2D eigenvalue weighted by molar-refractivity contribution is 0.101. The highest BCUT2D eigenvalue weighted by molar-refractivity contribution is 7.99. The third-order valence-electron chi connectivity index (χ3n) is 3.49. The van der Waals surface area contributed by atoms with Crippen molar-refractivity contribution in [3.8, 4) is 0 Å². The van der Waals surface area contributed by atoms with Crippen molar-refractivity contribution < 1.29 is 4.79 Å². The first-order valence-electron chi connectivity index (χ1n) is 5.87. The molecule has 1 aliphatic rings. The number of thioether (sulfide) groups is 1. The van der Waals surface area contributed by atoms with Gasteiger partial charge in [0.25, 0.3) is 0 Å². The van der Waals surface area contributed by atoms with Crippen molar-refractivity contribution in [2.24, 2.45) is 5.92 Å². The van der Waals surface area contributed by atoms with Crippen LogP contribution in [0.15, 0.2) is 24.3 Å². The van der Waals surface area contributed by atoms with Crippen LogP contribution in [0.3, 0.4) is 0 Å². The van der Waals surface area contributed by atoms with Gasteiger partial charge in [-0.05, 0) is 48.3 Å². The van der Waals surface area contributed by atoms with Crippen molar-refractivity contribution in [1.82, 2.24) is 0 Å². The molecule has 2 rings (SSSR count). The van der Waals surface area contributed by atoms with Crippen molar-refractivity contribution in [3.63, 3.8) is 0 Å². The quantitative estimate of drug-likeness (QED) is 0.741. The number of hydrogen-bond acceptors (Lipinski definition) is 2. The second kappa shape index (κ2) is 5.05. The second-order valence-electron chi connectivity index (χ2n) is 4.59. The molecule has 1 fully saturated rings. The van der Waals surface area contributed by atoms with Gasteiger partial charge in [0.1, 0.15) is 0 Å². The van der Waals surface area contributed by atoms with Gasteiger partial charge in [0.05, 0.1) is 0 Å². The number of benzene rings is 1. The lowest BCUT2D eigenvalue weighted by Gasteiger charge is -2.19. The van der Waals surface area contributed by atoms with Crippen molar-refractivity contribution in [1.29, 1.82) is 0 Å². The molecule has 1 aromatic rings. The minimum Gasteiger partial charge on any atom is -0.295 e. The second-order valence-corrected chi connectivity index (χ2v) is 5.74. The summed E-state index contributed by atoms with van der Waals surface area (Å²) < 4.78 is 0. The van der Waals surface area contributed by atoms with Gasteiger partial charge in [0.2, 0.25) is 0 Å². The van der Waals surface area contributed by atoms with E-state index in [4.69, 9.17) is 0 Å². The number of carbonyl (C=O) groups is 1. The van der Waals surface area contributed by atoms with Crippen LogP contribution < -0.4 is 0 Å². The highest BCUT2D eigenvalue weighted by atomic mass is 32.2. The Morgan fingerprint density at radius 2 is 2.31 bits per heavy atom. The van der Waals surface area contributed by atoms with Gasteiger partial charge in [-0.3, -0.25) is 4.79 Å². The number of rotatable bonds is 3. The Morgan fingerprint density at radius 1 is 1.50 bits per heavy atom. The molecular weight excluding hydrogens is 216 g/mol. The molecule has 0 spiro atoms. The van der Waals surface area contributed by atoms with Crippen LogP contribution in [0.5, 0.6) is 0 Å². The van der Waals surface area contributed by atoms with E-state index in [1.54, 1.807) is 6.92 Å². The van der Waals surface area contributed by atoms with Gasteiger partial charge < -0.3 is 0 Å². The van der Waals surface area contributed by atoms with E-state index < -0.39 is 0 Å². The summed E-state index contributed by atoms with van der Waals surface area (Å²) in [6.07, 6.45) is 1.32. The van der Waals surface area contributed by atoms with Crippen LogP contribution in [0.1, 0.15) is 42.1 Å². The molecule has 86 valence electrons. The summed E-state index contributed by atoms with van der Waals surface area (Å²) in [6, 6.07) is 8.13. The van der Waals surface area contributed by atoms with E-state index in [1.807, 2.05) is 23.9 Å². The number of ketones is 1. The minimum atomic E-state index is 0.162. The van der Waals surface area contributed by atoms with Crippen LogP contribution in [0.2, 0.25) is 0 Å². The molecule has 2 unspecified atom stereocenters. The average Bonchev–Trinajstić information content (AvgIpc) is 2.81. The maximum Gasteiger partial charge on any atom is 0.159 e. The van der Waals surface area contributed by atoms with E-state index in [0.717, 1.165) is 11.5 Å². The van der Waals surface area contributed by atoms with Crippen LogP contribution >= 0.6 is 11.8 Å². The van der Waals surface area contributed by atoms with Gasteiger partial charge in [-0.2, -0.15) is 11.8 Å². The third kappa shape index (κ3) is 2.49. The summed E-state index contributed by atoms with van der Waals surface area (Å²) in [4.78, 5) is 11.3. The van der Waals surface area contributed by atoms with Gasteiger partial charge in [-0.15, -0.1) is 0 Å². The molecule has 1 aromatic carbocycles. The number of Topliss-reactive ketones (excluding diaryl/α,β-unsaturated/α-hetero) is 1. The number of carbonyl (C=O) groups excluding carboxylic acids is 1. The van der Waals surface area contributed by atoms with Crippen LogP contribution in [0.4, 0.5) is 0 Å². The SMILES string of the molecule is CC(=O)c1cccc(C(C)C2CCSC2)c1. The van der Waals surface area contributed by atoms with E-state index in [1.165, 1.54) is 23.5 Å². The molecule has 0 aliphatic carbocycles. The molecule has 0 radical (unpaired) electrons. The van der Waals surface area contributed by atoms with Gasteiger partial charge in [0, 0.05) is 5.56 Å². The van der Waals surface area contributed by atoms with E-state index in [9.17, 15) is 4.79 Å². The fraction of sp³-hybridized carbons (Fsp3) is 0.500. The summed E-state index contributed by atoms with van der Waals surface area (Å²) in [5.41, 5.74) is 2.16. The first-order valence-corrected chi connectivity index (χ1v) is 7.02. The van der Waals surface area contributed by atoms with Crippen LogP contribution in [-0.2, 0) is 0 Å². The standard InChI is InChI=1S/C14H18OS/c1-10(14-6-7-16-9-14)12-4-3-5-13(8-12)11(2)15/h3-5,8,10,14H,6-7,9H2,1-2H3. The van der Waals surface area contributed by atoms with Gasteiger partial charge in [-0.25, -0.2) is 0 Å². The number of hydrogen-bond donors (Lipinski definition) is 0. The van der Waals surface area contributed by atoms with Crippen LogP contribution in [-0.4, -0.2) is 17.3 Å². The summed E-state index contributed by atoms with van der Waals surface area (Å²) in [6.45, 7) is 3.92. The maximum absolute atomic E-state index is 11.3. The zero-order chi connectivity index (χ0) is 11.5. The first-order chi connectivity index (χ1) is 7.68. The molecule has 0 amide bonds. The summed E-state index contributed by atoms with van der Waals surface area (Å²) in [7, 11) is 0. The Bertz CT molecular complexity index is 380. The van der Waals surface area contributed by atoms with E-state index >= 15 is 0 Å². The lowest BCUT2D eigenvalue weighted by atomic mass is 9.86. The predicted octanol–water partition coefficient (Wildman–Crippen LogP) is 3.75. The molecule has 16 heavy (non-hydrogen) atoms. The molecule has 1 aliphatic heterocycles. The monoisotopic (exact) mass is 234 g/mol. The Labute approximate surface area is 102 Å². The lowest BCUT2D eigenvalue weighted by Crippen LogP contribution is -2.09. The predicted molar refractivity (Wildman–Crippen MR) is 70.3 cm³/mol. The fourth-order valence-corrected chi connectivity index (χ4v) is 3.65. The summed E-state index contributed by atoms with van der Waals surface area (Å²) >= 11 is 2.05. The third-order valence-corrected chi connectivity index (χ3v) is 4.68. The molecule has 2 atom stereocenters. The highest BCUT2D eigenvalue weighted by Gasteiger charge is 2.23. The van der Waals surface area contributed by atoms with Gasteiger partial charge >= 0.3 is 0 Å². The molecule has 0 saturated carbocycles. The highest BCUT2D eigenvalue weighted by Crippen LogP contribution is 2.35. The molecule has 1 saturated heterocycles. The Morgan fingerprint density at radius 3 is 2.94 bits per heavy atom. The van der Waals surface area contributed by atoms with Crippen LogP contribution in [0.25, 0.3) is 0 Å². The van der Waals surface area contributed by atoms with E-state index in [-0.39, 0.29) is 5.78 Å². The van der Waals surface area contributed by atoms with Gasteiger partial charge in [-0.1, -0.05) is 25.1 Å². The molecule has 0 bridgehead atoms. The van der Waals surface area contributed by atoms with E-state index in [2.05, 4.69) is 19.1 Å². The summed E-state index contributed by atoms with van der Waals surface area (Å²) in [5, 5.41) is 0. The summed E-state index contributed by atoms with van der Waals surface area (Å²) in [5.74, 6) is 4.09. The zero-order valence-corrected chi connectivity index (χ0v) is 10.7. The fourth-order valence-electron chi connectivity index (χ4n) is 2.26. The topological polar surface area (TPSA) is 17.1 Å². The largest absolute Gasteiger partial charge is 0.295 e. The molecule has 2 heteroatoms. The molecule has 1 heterocycles. The smallest absolute Gasteiger partial charge is 0.159 e. The van der Waals surface area contributed by atoms with Crippen molar-refractivity contribution in [3.05, 3.63) is 35.4 Å². The molecule has 0 aromatic heterocycles. The average molecular weight is 234 g/mol. The van der Waals surface area contributed by atoms with Crippen molar-refractivity contribution in [2.75, 3.05) is 11.5 Å². The normalized spacial score (nSPS) is 22.0. The first kappa shape index (κ1) is 11.7. The van der Waals surface area contributed by atoms with Gasteiger partial charge in [0.15, 0.2) is 5.78 Å². The Balaban J connectivity index is 2.18. The van der Waals surface area contributed by atoms with Crippen molar-refractivity contribution >= 4 is 17.5 Å².